The maximum Gasteiger partial charge on any atom is 0.573 e. The van der Waals surface area contributed by atoms with Gasteiger partial charge in [-0.25, -0.2) is 14.4 Å². The summed E-state index contributed by atoms with van der Waals surface area (Å²) in [6.45, 7) is -0.179. The zero-order chi connectivity index (χ0) is 25.1. The minimum absolute atomic E-state index is 0.0406. The van der Waals surface area contributed by atoms with Crippen molar-refractivity contribution in [2.24, 2.45) is 0 Å². The smallest absolute Gasteiger partial charge is 0.404 e. The zero-order valence-corrected chi connectivity index (χ0v) is 17.3. The maximum absolute atomic E-state index is 13.5. The highest BCUT2D eigenvalue weighted by atomic mass is 35.5. The van der Waals surface area contributed by atoms with E-state index in [9.17, 15) is 35.5 Å². The molecule has 2 aromatic carbocycles. The summed E-state index contributed by atoms with van der Waals surface area (Å²) >= 11 is 5.71. The molecular formula is C20H12ClF7N4O2. The highest BCUT2D eigenvalue weighted by molar-refractivity contribution is 6.32. The van der Waals surface area contributed by atoms with Crippen LogP contribution in [-0.2, 0) is 12.7 Å². The fourth-order valence-corrected chi connectivity index (χ4v) is 2.84. The molecule has 34 heavy (non-hydrogen) atoms. The quantitative estimate of drug-likeness (QED) is 0.408. The summed E-state index contributed by atoms with van der Waals surface area (Å²) in [6.07, 6.45) is -9.39. The first kappa shape index (κ1) is 25.0. The van der Waals surface area contributed by atoms with Gasteiger partial charge in [-0.2, -0.15) is 13.2 Å². The topological polar surface area (TPSA) is 76.1 Å². The lowest BCUT2D eigenvalue weighted by Crippen LogP contribution is -2.27. The Bertz CT molecular complexity index is 1190. The average molecular weight is 509 g/mol. The molecule has 0 fully saturated rings. The van der Waals surface area contributed by atoms with Crippen molar-refractivity contribution < 1.29 is 40.3 Å². The van der Waals surface area contributed by atoms with E-state index in [1.807, 2.05) is 0 Å². The Morgan fingerprint density at radius 3 is 2.29 bits per heavy atom. The van der Waals surface area contributed by atoms with Gasteiger partial charge in [0.2, 0.25) is 5.95 Å². The van der Waals surface area contributed by atoms with Gasteiger partial charge < -0.3 is 15.4 Å². The van der Waals surface area contributed by atoms with Crippen LogP contribution >= 0.6 is 11.6 Å². The number of aromatic nitrogens is 2. The third-order valence-electron chi connectivity index (χ3n) is 4.08. The molecule has 3 rings (SSSR count). The van der Waals surface area contributed by atoms with E-state index in [0.29, 0.717) is 11.8 Å². The van der Waals surface area contributed by atoms with Gasteiger partial charge in [0.15, 0.2) is 5.69 Å². The summed E-state index contributed by atoms with van der Waals surface area (Å²) in [4.78, 5) is 19.3. The predicted molar refractivity (Wildman–Crippen MR) is 106 cm³/mol. The average Bonchev–Trinajstić information content (AvgIpc) is 2.73. The number of halogens is 8. The molecule has 0 aliphatic carbocycles. The minimum atomic E-state index is -5.04. The van der Waals surface area contributed by atoms with Crippen LogP contribution in [0.1, 0.15) is 21.6 Å². The molecular weight excluding hydrogens is 497 g/mol. The highest BCUT2D eigenvalue weighted by Crippen LogP contribution is 2.34. The number of amides is 1. The van der Waals surface area contributed by atoms with Crippen molar-refractivity contribution in [1.29, 1.82) is 0 Å². The van der Waals surface area contributed by atoms with Crippen molar-refractivity contribution in [3.63, 3.8) is 0 Å². The Labute approximate surface area is 191 Å². The molecule has 1 amide bonds. The van der Waals surface area contributed by atoms with Gasteiger partial charge in [-0.05, 0) is 35.9 Å². The molecule has 1 aromatic heterocycles. The Balaban J connectivity index is 1.79. The lowest BCUT2D eigenvalue weighted by atomic mass is 10.2. The third kappa shape index (κ3) is 6.70. The minimum Gasteiger partial charge on any atom is -0.404 e. The second-order valence-electron chi connectivity index (χ2n) is 6.58. The number of hydrogen-bond acceptors (Lipinski definition) is 5. The van der Waals surface area contributed by atoms with Gasteiger partial charge in [-0.1, -0.05) is 23.7 Å². The zero-order valence-electron chi connectivity index (χ0n) is 16.6. The van der Waals surface area contributed by atoms with Crippen LogP contribution in [0.5, 0.6) is 5.75 Å². The van der Waals surface area contributed by atoms with E-state index in [4.69, 9.17) is 11.6 Å². The molecule has 0 saturated heterocycles. The van der Waals surface area contributed by atoms with Crippen molar-refractivity contribution in [2.75, 3.05) is 5.32 Å². The number of ether oxygens (including phenoxy) is 1. The molecule has 0 saturated carbocycles. The summed E-state index contributed by atoms with van der Waals surface area (Å²) in [6, 6.07) is 7.80. The molecule has 0 radical (unpaired) electrons. The second kappa shape index (κ2) is 9.71. The standard InChI is InChI=1S/C20H12ClF7N4O2/c21-14-7-12(5-6-15(14)34-20(26,27)28)31-18-30-9-13(16(32-18)19(23,24)25)17(33)29-8-10-1-3-11(22)4-2-10/h1-7,9H,8H2,(H,29,33)(H,30,31,32). The SMILES string of the molecule is O=C(NCc1ccc(F)cc1)c1cnc(Nc2ccc(OC(F)(F)F)c(Cl)c2)nc1C(F)(F)F. The maximum atomic E-state index is 13.5. The van der Waals surface area contributed by atoms with Crippen molar-refractivity contribution in [1.82, 2.24) is 15.3 Å². The summed E-state index contributed by atoms with van der Waals surface area (Å²) < 4.78 is 94.2. The Hall–Kier alpha value is -3.61. The second-order valence-corrected chi connectivity index (χ2v) is 6.99. The van der Waals surface area contributed by atoms with Crippen LogP contribution in [0.15, 0.2) is 48.7 Å². The number of benzene rings is 2. The van der Waals surface area contributed by atoms with Crippen LogP contribution < -0.4 is 15.4 Å². The monoisotopic (exact) mass is 508 g/mol. The molecule has 1 heterocycles. The van der Waals surface area contributed by atoms with Gasteiger partial charge in [0.05, 0.1) is 10.6 Å². The van der Waals surface area contributed by atoms with Crippen molar-refractivity contribution in [3.05, 3.63) is 76.3 Å². The number of carbonyl (C=O) groups excluding carboxylic acids is 1. The highest BCUT2D eigenvalue weighted by Gasteiger charge is 2.38. The van der Waals surface area contributed by atoms with Gasteiger partial charge in [0.1, 0.15) is 11.6 Å². The molecule has 0 aliphatic rings. The third-order valence-corrected chi connectivity index (χ3v) is 4.38. The van der Waals surface area contributed by atoms with Crippen LogP contribution in [0.25, 0.3) is 0 Å². The van der Waals surface area contributed by atoms with Crippen LogP contribution in [0.3, 0.4) is 0 Å². The Morgan fingerprint density at radius 1 is 1.03 bits per heavy atom. The molecule has 0 unspecified atom stereocenters. The normalized spacial score (nSPS) is 11.8. The first-order chi connectivity index (χ1) is 15.8. The largest absolute Gasteiger partial charge is 0.573 e. The van der Waals surface area contributed by atoms with Crippen molar-refractivity contribution in [2.45, 2.75) is 19.1 Å². The van der Waals surface area contributed by atoms with E-state index in [2.05, 4.69) is 25.3 Å². The van der Waals surface area contributed by atoms with Gasteiger partial charge in [-0.15, -0.1) is 13.2 Å². The lowest BCUT2D eigenvalue weighted by Gasteiger charge is -2.14. The summed E-state index contributed by atoms with van der Waals surface area (Å²) in [5.41, 5.74) is -2.02. The summed E-state index contributed by atoms with van der Waals surface area (Å²) in [5, 5.41) is 4.15. The van der Waals surface area contributed by atoms with Gasteiger partial charge in [0.25, 0.3) is 5.91 Å². The van der Waals surface area contributed by atoms with Crippen LogP contribution in [0, 0.1) is 5.82 Å². The van der Waals surface area contributed by atoms with E-state index in [-0.39, 0.29) is 12.2 Å². The van der Waals surface area contributed by atoms with E-state index >= 15 is 0 Å². The number of anilines is 2. The van der Waals surface area contributed by atoms with E-state index in [0.717, 1.165) is 30.3 Å². The fraction of sp³-hybridized carbons (Fsp3) is 0.150. The number of nitrogens with zero attached hydrogens (tertiary/aromatic N) is 2. The Kier molecular flexibility index (Phi) is 7.15. The molecule has 0 aliphatic heterocycles. The van der Waals surface area contributed by atoms with Crippen molar-refractivity contribution >= 4 is 29.1 Å². The number of hydrogen-bond donors (Lipinski definition) is 2. The van der Waals surface area contributed by atoms with Crippen LogP contribution in [0.4, 0.5) is 42.4 Å². The number of alkyl halides is 6. The predicted octanol–water partition coefficient (Wildman–Crippen LogP) is 5.86. The number of nitrogens with one attached hydrogen (secondary N) is 2. The molecule has 3 aromatic rings. The molecule has 0 bridgehead atoms. The molecule has 6 nitrogen and oxygen atoms in total. The van der Waals surface area contributed by atoms with Crippen LogP contribution in [-0.4, -0.2) is 22.2 Å². The molecule has 180 valence electrons. The summed E-state index contributed by atoms with van der Waals surface area (Å²) in [7, 11) is 0. The molecule has 0 spiro atoms. The summed E-state index contributed by atoms with van der Waals surface area (Å²) in [5.74, 6) is -2.96. The van der Waals surface area contributed by atoms with E-state index in [1.54, 1.807) is 0 Å². The number of rotatable bonds is 6. The fourth-order valence-electron chi connectivity index (χ4n) is 2.62. The molecule has 0 atom stereocenters. The Morgan fingerprint density at radius 2 is 1.71 bits per heavy atom. The first-order valence-corrected chi connectivity index (χ1v) is 9.49. The van der Waals surface area contributed by atoms with Crippen LogP contribution in [0.2, 0.25) is 5.02 Å². The van der Waals surface area contributed by atoms with Gasteiger partial charge in [-0.3, -0.25) is 4.79 Å². The first-order valence-electron chi connectivity index (χ1n) is 9.11. The van der Waals surface area contributed by atoms with E-state index < -0.39 is 52.2 Å². The lowest BCUT2D eigenvalue weighted by molar-refractivity contribution is -0.274. The van der Waals surface area contributed by atoms with E-state index in [1.165, 1.54) is 12.1 Å². The van der Waals surface area contributed by atoms with Crippen molar-refractivity contribution in [3.8, 4) is 5.75 Å². The van der Waals surface area contributed by atoms with Gasteiger partial charge in [0, 0.05) is 18.4 Å². The molecule has 14 heteroatoms. The van der Waals surface area contributed by atoms with Gasteiger partial charge >= 0.3 is 12.5 Å². The molecule has 2 N–H and O–H groups in total. The number of carbonyl (C=O) groups is 1.